The number of hydrogen-bond donors (Lipinski definition) is 0. The molecule has 1 aromatic carbocycles. The lowest BCUT2D eigenvalue weighted by Gasteiger charge is -2.13. The molecule has 3 nitrogen and oxygen atoms in total. The maximum atomic E-state index is 12.9. The Morgan fingerprint density at radius 3 is 2.86 bits per heavy atom. The summed E-state index contributed by atoms with van der Waals surface area (Å²) in [5.41, 5.74) is 0.690. The van der Waals surface area contributed by atoms with Crippen LogP contribution in [0.5, 0.6) is 5.75 Å². The van der Waals surface area contributed by atoms with Crippen LogP contribution in [-0.2, 0) is 6.42 Å². The van der Waals surface area contributed by atoms with E-state index in [9.17, 15) is 4.79 Å². The Morgan fingerprint density at radius 1 is 1.29 bits per heavy atom. The molecule has 2 aromatic heterocycles. The van der Waals surface area contributed by atoms with Gasteiger partial charge in [0.25, 0.3) is 0 Å². The van der Waals surface area contributed by atoms with Crippen LogP contribution in [0.3, 0.4) is 0 Å². The van der Waals surface area contributed by atoms with E-state index in [1.807, 2.05) is 50.4 Å². The molecule has 0 spiro atoms. The molecule has 108 valence electrons. The molecule has 0 saturated carbocycles. The second-order valence-electron chi connectivity index (χ2n) is 5.67. The van der Waals surface area contributed by atoms with Crippen LogP contribution in [0.4, 0.5) is 0 Å². The van der Waals surface area contributed by atoms with Crippen molar-refractivity contribution >= 4 is 16.3 Å². The summed E-state index contributed by atoms with van der Waals surface area (Å²) in [4.78, 5) is 12.9. The number of methoxy groups -OCH3 is 1. The minimum Gasteiger partial charge on any atom is -0.491 e. The summed E-state index contributed by atoms with van der Waals surface area (Å²) in [6, 6.07) is 9.47. The van der Waals surface area contributed by atoms with E-state index in [0.717, 1.165) is 10.8 Å². The van der Waals surface area contributed by atoms with E-state index < -0.39 is 7.04 Å². The average Bonchev–Trinajstić information content (AvgIpc) is 2.49. The molecule has 0 N–H and O–H groups in total. The largest absolute Gasteiger partial charge is 0.491 e. The van der Waals surface area contributed by atoms with Crippen molar-refractivity contribution in [1.29, 1.82) is 0 Å². The van der Waals surface area contributed by atoms with Gasteiger partial charge in [0.05, 0.1) is 16.7 Å². The van der Waals surface area contributed by atoms with Crippen molar-refractivity contribution in [2.45, 2.75) is 20.3 Å². The van der Waals surface area contributed by atoms with Gasteiger partial charge in [-0.3, -0.25) is 4.79 Å². The van der Waals surface area contributed by atoms with Gasteiger partial charge >= 0.3 is 0 Å². The first kappa shape index (κ1) is 10.4. The monoisotopic (exact) mass is 284 g/mol. The minimum atomic E-state index is -2.68. The van der Waals surface area contributed by atoms with E-state index in [1.54, 1.807) is 10.6 Å². The fraction of sp³-hybridized carbons (Fsp3) is 0.278. The molecule has 3 rings (SSSR count). The average molecular weight is 284 g/mol. The Kier molecular flexibility index (Phi) is 2.61. The lowest BCUT2D eigenvalue weighted by Crippen LogP contribution is -2.16. The van der Waals surface area contributed by atoms with Gasteiger partial charge in [-0.1, -0.05) is 38.1 Å². The summed E-state index contributed by atoms with van der Waals surface area (Å²) in [6.45, 7) is 4.03. The number of aromatic nitrogens is 1. The molecule has 0 unspecified atom stereocenters. The zero-order valence-electron chi connectivity index (χ0n) is 15.1. The van der Waals surface area contributed by atoms with Crippen LogP contribution in [0.25, 0.3) is 16.3 Å². The summed E-state index contributed by atoms with van der Waals surface area (Å²) in [5.74, 6) is 0.168. The van der Waals surface area contributed by atoms with Gasteiger partial charge in [0.1, 0.15) is 0 Å². The maximum Gasteiger partial charge on any atom is 0.227 e. The first-order valence-corrected chi connectivity index (χ1v) is 7.01. The molecule has 0 atom stereocenters. The van der Waals surface area contributed by atoms with Gasteiger partial charge in [-0.15, -0.1) is 0 Å². The molecule has 3 aromatic rings. The van der Waals surface area contributed by atoms with Gasteiger partial charge in [-0.05, 0) is 23.8 Å². The Bertz CT molecular complexity index is 958. The number of hydrogen-bond acceptors (Lipinski definition) is 2. The van der Waals surface area contributed by atoms with Crippen molar-refractivity contribution in [3.8, 4) is 5.75 Å². The Morgan fingerprint density at radius 2 is 2.10 bits per heavy atom. The lowest BCUT2D eigenvalue weighted by atomic mass is 10.0. The molecule has 0 saturated heterocycles. The Hall–Kier alpha value is -2.29. The van der Waals surface area contributed by atoms with E-state index >= 15 is 0 Å². The van der Waals surface area contributed by atoms with Crippen molar-refractivity contribution in [2.24, 2.45) is 5.92 Å². The molecule has 21 heavy (non-hydrogen) atoms. The molecule has 0 fully saturated rings. The highest BCUT2D eigenvalue weighted by Crippen LogP contribution is 2.26. The lowest BCUT2D eigenvalue weighted by molar-refractivity contribution is 0.413. The van der Waals surface area contributed by atoms with Gasteiger partial charge in [0.15, 0.2) is 5.75 Å². The summed E-state index contributed by atoms with van der Waals surface area (Å²) < 4.78 is 29.2. The molecule has 3 heteroatoms. The number of rotatable bonds is 3. The molecule has 0 aliphatic rings. The van der Waals surface area contributed by atoms with Crippen molar-refractivity contribution in [3.05, 3.63) is 58.5 Å². The molecule has 0 radical (unpaired) electrons. The summed E-state index contributed by atoms with van der Waals surface area (Å²) in [5, 5.41) is 1.70. The van der Waals surface area contributed by atoms with Crippen LogP contribution in [0.2, 0.25) is 0 Å². The van der Waals surface area contributed by atoms with Crippen molar-refractivity contribution in [2.75, 3.05) is 7.04 Å². The number of ether oxygens (including phenoxy) is 1. The summed E-state index contributed by atoms with van der Waals surface area (Å²) >= 11 is 0. The smallest absolute Gasteiger partial charge is 0.227 e. The standard InChI is InChI=1S/C18H19NO2/c1-12(2)10-14-11-19-9-8-13-6-4-5-7-15(13)16(19)18(21-3)17(14)20/h4-9,11-12H,10H2,1-3H3/i3D3. The SMILES string of the molecule is [2H]C([2H])([2H])Oc1c(=O)c(CC(C)C)cn2ccc3ccccc3c12. The highest BCUT2D eigenvalue weighted by molar-refractivity contribution is 5.98. The molecule has 0 aliphatic heterocycles. The first-order valence-electron chi connectivity index (χ1n) is 8.51. The normalized spacial score (nSPS) is 14.1. The fourth-order valence-corrected chi connectivity index (χ4v) is 2.74. The molecule has 0 amide bonds. The fourth-order valence-electron chi connectivity index (χ4n) is 2.74. The van der Waals surface area contributed by atoms with Gasteiger partial charge in [0, 0.05) is 23.3 Å². The van der Waals surface area contributed by atoms with Crippen LogP contribution in [-0.4, -0.2) is 11.4 Å². The Balaban J connectivity index is 2.41. The van der Waals surface area contributed by atoms with Crippen LogP contribution in [0, 0.1) is 5.92 Å². The number of fused-ring (bicyclic) bond motifs is 3. The van der Waals surface area contributed by atoms with Crippen LogP contribution < -0.4 is 10.2 Å². The van der Waals surface area contributed by atoms with E-state index in [2.05, 4.69) is 0 Å². The van der Waals surface area contributed by atoms with Gasteiger partial charge in [-0.2, -0.15) is 0 Å². The molecule has 2 heterocycles. The van der Waals surface area contributed by atoms with Crippen LogP contribution in [0.1, 0.15) is 23.5 Å². The van der Waals surface area contributed by atoms with Gasteiger partial charge < -0.3 is 9.14 Å². The number of benzene rings is 1. The maximum absolute atomic E-state index is 12.9. The minimum absolute atomic E-state index is 0.107. The molecule has 0 bridgehead atoms. The molecule has 0 aliphatic carbocycles. The second-order valence-corrected chi connectivity index (χ2v) is 5.67. The van der Waals surface area contributed by atoms with Gasteiger partial charge in [-0.25, -0.2) is 0 Å². The highest BCUT2D eigenvalue weighted by Gasteiger charge is 2.14. The van der Waals surface area contributed by atoms with Crippen molar-refractivity contribution < 1.29 is 8.85 Å². The summed E-state index contributed by atoms with van der Waals surface area (Å²) in [6.07, 6.45) is 4.16. The second kappa shape index (κ2) is 5.24. The third-order valence-corrected chi connectivity index (χ3v) is 3.63. The molecular formula is C18H19NO2. The number of pyridine rings is 2. The van der Waals surface area contributed by atoms with Gasteiger partial charge in [0.2, 0.25) is 5.43 Å². The predicted octanol–water partition coefficient (Wildman–Crippen LogP) is 3.66. The quantitative estimate of drug-likeness (QED) is 0.687. The van der Waals surface area contributed by atoms with Crippen molar-refractivity contribution in [3.63, 3.8) is 0 Å². The van der Waals surface area contributed by atoms with Crippen LogP contribution >= 0.6 is 0 Å². The van der Waals surface area contributed by atoms with E-state index in [-0.39, 0.29) is 17.1 Å². The Labute approximate surface area is 128 Å². The van der Waals surface area contributed by atoms with E-state index in [0.29, 0.717) is 17.5 Å². The number of nitrogens with zero attached hydrogens (tertiary/aromatic N) is 1. The predicted molar refractivity (Wildman–Crippen MR) is 86.3 cm³/mol. The van der Waals surface area contributed by atoms with Crippen LogP contribution in [0.15, 0.2) is 47.5 Å². The van der Waals surface area contributed by atoms with Crippen molar-refractivity contribution in [1.82, 2.24) is 4.40 Å². The first-order chi connectivity index (χ1) is 11.3. The zero-order valence-corrected chi connectivity index (χ0v) is 12.1. The van der Waals surface area contributed by atoms with E-state index in [4.69, 9.17) is 8.85 Å². The van der Waals surface area contributed by atoms with E-state index in [1.165, 1.54) is 0 Å². The third kappa shape index (κ3) is 2.29. The molecular weight excluding hydrogens is 262 g/mol. The highest BCUT2D eigenvalue weighted by atomic mass is 16.5. The zero-order chi connectivity index (χ0) is 17.5. The topological polar surface area (TPSA) is 30.7 Å². The third-order valence-electron chi connectivity index (χ3n) is 3.63. The summed E-state index contributed by atoms with van der Waals surface area (Å²) in [7, 11) is -2.68.